The van der Waals surface area contributed by atoms with Crippen molar-refractivity contribution in [3.63, 3.8) is 0 Å². The Hall–Kier alpha value is -3.57. The molecule has 1 fully saturated rings. The molecule has 3 aromatic carbocycles. The largest absolute Gasteiger partial charge is 0.507 e. The van der Waals surface area contributed by atoms with Crippen LogP contribution in [0.4, 0.5) is 5.69 Å². The summed E-state index contributed by atoms with van der Waals surface area (Å²) in [6.07, 6.45) is 0. The number of ketones is 1. The third kappa shape index (κ3) is 3.68. The van der Waals surface area contributed by atoms with Gasteiger partial charge in [-0.2, -0.15) is 0 Å². The van der Waals surface area contributed by atoms with E-state index >= 15 is 0 Å². The fourth-order valence-electron chi connectivity index (χ4n) is 3.81. The molecule has 1 aliphatic rings. The van der Waals surface area contributed by atoms with E-state index in [4.69, 9.17) is 16.3 Å². The number of hydrogen-bond acceptors (Lipinski definition) is 4. The standard InChI is InChI=1S/C25H20ClNO4/c1-15-7-6-8-16(13-15)22-21(23(28)17-11-12-19(26)20(14-17)31-2)24(29)25(30)27(22)18-9-4-3-5-10-18/h3-14,22,28H,1-2H3/b23-21-. The van der Waals surface area contributed by atoms with Crippen LogP contribution in [0.5, 0.6) is 5.75 Å². The maximum Gasteiger partial charge on any atom is 0.300 e. The van der Waals surface area contributed by atoms with Crippen molar-refractivity contribution in [3.05, 3.63) is 100 Å². The lowest BCUT2D eigenvalue weighted by atomic mass is 9.94. The number of Topliss-reactive ketones (excluding diaryl/α,β-unsaturated/α-hetero) is 1. The summed E-state index contributed by atoms with van der Waals surface area (Å²) in [7, 11) is 1.46. The van der Waals surface area contributed by atoms with E-state index in [2.05, 4.69) is 0 Å². The van der Waals surface area contributed by atoms with Crippen LogP contribution in [0, 0.1) is 6.92 Å². The number of carbonyl (C=O) groups excluding carboxylic acids is 2. The van der Waals surface area contributed by atoms with E-state index in [9.17, 15) is 14.7 Å². The van der Waals surface area contributed by atoms with Crippen LogP contribution in [-0.4, -0.2) is 23.9 Å². The first-order valence-electron chi connectivity index (χ1n) is 9.69. The molecule has 1 atom stereocenters. The first-order valence-corrected chi connectivity index (χ1v) is 10.1. The molecule has 1 aliphatic heterocycles. The minimum Gasteiger partial charge on any atom is -0.507 e. The molecule has 0 spiro atoms. The minimum atomic E-state index is -0.774. The zero-order valence-electron chi connectivity index (χ0n) is 17.0. The molecular formula is C25H20ClNO4. The predicted octanol–water partition coefficient (Wildman–Crippen LogP) is 5.28. The van der Waals surface area contributed by atoms with Crippen molar-refractivity contribution in [2.24, 2.45) is 0 Å². The maximum atomic E-state index is 13.1. The summed E-state index contributed by atoms with van der Waals surface area (Å²) in [4.78, 5) is 27.6. The maximum absolute atomic E-state index is 13.1. The molecule has 1 amide bonds. The van der Waals surface area contributed by atoms with E-state index in [-0.39, 0.29) is 11.3 Å². The molecular weight excluding hydrogens is 414 g/mol. The Morgan fingerprint density at radius 2 is 1.74 bits per heavy atom. The average molecular weight is 434 g/mol. The molecule has 4 rings (SSSR count). The van der Waals surface area contributed by atoms with E-state index in [1.54, 1.807) is 42.5 Å². The topological polar surface area (TPSA) is 66.8 Å². The summed E-state index contributed by atoms with van der Waals surface area (Å²) in [5.74, 6) is -1.37. The second-order valence-corrected chi connectivity index (χ2v) is 7.68. The van der Waals surface area contributed by atoms with Crippen molar-refractivity contribution in [3.8, 4) is 5.75 Å². The number of benzene rings is 3. The number of methoxy groups -OCH3 is 1. The Balaban J connectivity index is 1.96. The number of para-hydroxylation sites is 1. The number of nitrogens with zero attached hydrogens (tertiary/aromatic N) is 1. The molecule has 6 heteroatoms. The van der Waals surface area contributed by atoms with Crippen molar-refractivity contribution in [2.45, 2.75) is 13.0 Å². The van der Waals surface area contributed by atoms with Gasteiger partial charge in [0.2, 0.25) is 0 Å². The van der Waals surface area contributed by atoms with Crippen LogP contribution in [0.3, 0.4) is 0 Å². The number of anilines is 1. The van der Waals surface area contributed by atoms with Crippen LogP contribution in [0.25, 0.3) is 5.76 Å². The van der Waals surface area contributed by atoms with E-state index < -0.39 is 17.7 Å². The van der Waals surface area contributed by atoms with Crippen LogP contribution >= 0.6 is 11.6 Å². The van der Waals surface area contributed by atoms with Crippen LogP contribution in [0.2, 0.25) is 5.02 Å². The van der Waals surface area contributed by atoms with E-state index in [1.807, 2.05) is 37.3 Å². The van der Waals surface area contributed by atoms with Gasteiger partial charge in [-0.1, -0.05) is 59.6 Å². The number of rotatable bonds is 4. The predicted molar refractivity (Wildman–Crippen MR) is 120 cm³/mol. The van der Waals surface area contributed by atoms with Gasteiger partial charge in [-0.25, -0.2) is 0 Å². The molecule has 156 valence electrons. The van der Waals surface area contributed by atoms with Crippen molar-refractivity contribution in [2.75, 3.05) is 12.0 Å². The van der Waals surface area contributed by atoms with Gasteiger partial charge in [-0.05, 0) is 42.8 Å². The lowest BCUT2D eigenvalue weighted by molar-refractivity contribution is -0.132. The lowest BCUT2D eigenvalue weighted by Gasteiger charge is -2.25. The van der Waals surface area contributed by atoms with E-state index in [0.29, 0.717) is 22.0 Å². The summed E-state index contributed by atoms with van der Waals surface area (Å²) in [6.45, 7) is 1.93. The molecule has 1 heterocycles. The van der Waals surface area contributed by atoms with Crippen molar-refractivity contribution < 1.29 is 19.4 Å². The third-order valence-corrected chi connectivity index (χ3v) is 5.57. The van der Waals surface area contributed by atoms with Crippen LogP contribution in [0.15, 0.2) is 78.4 Å². The Kier molecular flexibility index (Phi) is 5.53. The Labute approximate surface area is 185 Å². The zero-order valence-corrected chi connectivity index (χ0v) is 17.8. The number of aryl methyl sites for hydroxylation is 1. The molecule has 1 saturated heterocycles. The minimum absolute atomic E-state index is 0.0174. The quantitative estimate of drug-likeness (QED) is 0.345. The molecule has 5 nitrogen and oxygen atoms in total. The van der Waals surface area contributed by atoms with Crippen LogP contribution in [0.1, 0.15) is 22.7 Å². The van der Waals surface area contributed by atoms with Gasteiger partial charge in [0, 0.05) is 11.3 Å². The van der Waals surface area contributed by atoms with Crippen molar-refractivity contribution in [1.29, 1.82) is 0 Å². The first kappa shape index (κ1) is 20.7. The monoisotopic (exact) mass is 433 g/mol. The van der Waals surface area contributed by atoms with Crippen molar-refractivity contribution >= 4 is 34.7 Å². The number of aliphatic hydroxyl groups excluding tert-OH is 1. The first-order chi connectivity index (χ1) is 14.9. The number of carbonyl (C=O) groups is 2. The second-order valence-electron chi connectivity index (χ2n) is 7.27. The van der Waals surface area contributed by atoms with Gasteiger partial charge in [-0.15, -0.1) is 0 Å². The molecule has 0 radical (unpaired) electrons. The molecule has 31 heavy (non-hydrogen) atoms. The van der Waals surface area contributed by atoms with Gasteiger partial charge in [0.1, 0.15) is 11.5 Å². The highest BCUT2D eigenvalue weighted by Crippen LogP contribution is 2.42. The Morgan fingerprint density at radius 3 is 2.42 bits per heavy atom. The second kappa shape index (κ2) is 8.28. The third-order valence-electron chi connectivity index (χ3n) is 5.26. The van der Waals surface area contributed by atoms with Gasteiger partial charge >= 0.3 is 0 Å². The highest BCUT2D eigenvalue weighted by molar-refractivity contribution is 6.51. The number of aliphatic hydroxyl groups is 1. The van der Waals surface area contributed by atoms with E-state index in [0.717, 1.165) is 11.1 Å². The van der Waals surface area contributed by atoms with Gasteiger partial charge in [0.05, 0.1) is 23.7 Å². The van der Waals surface area contributed by atoms with Gasteiger partial charge in [-0.3, -0.25) is 14.5 Å². The molecule has 0 aliphatic carbocycles. The van der Waals surface area contributed by atoms with Crippen molar-refractivity contribution in [1.82, 2.24) is 0 Å². The van der Waals surface area contributed by atoms with Gasteiger partial charge < -0.3 is 9.84 Å². The average Bonchev–Trinajstić information content (AvgIpc) is 3.05. The number of halogens is 1. The number of ether oxygens (including phenoxy) is 1. The van der Waals surface area contributed by atoms with Gasteiger partial charge in [0.25, 0.3) is 11.7 Å². The summed E-state index contributed by atoms with van der Waals surface area (Å²) in [5.41, 5.74) is 2.63. The molecule has 0 bridgehead atoms. The number of amides is 1. The SMILES string of the molecule is COc1cc(/C(O)=C2/C(=O)C(=O)N(c3ccccc3)C2c2cccc(C)c2)ccc1Cl. The molecule has 0 saturated carbocycles. The highest BCUT2D eigenvalue weighted by atomic mass is 35.5. The van der Waals surface area contributed by atoms with E-state index in [1.165, 1.54) is 12.0 Å². The Morgan fingerprint density at radius 1 is 1.00 bits per heavy atom. The summed E-state index contributed by atoms with van der Waals surface area (Å²) < 4.78 is 5.24. The van der Waals surface area contributed by atoms with Crippen LogP contribution < -0.4 is 9.64 Å². The molecule has 1 N–H and O–H groups in total. The molecule has 0 aromatic heterocycles. The fraction of sp³-hybridized carbons (Fsp3) is 0.120. The Bertz CT molecular complexity index is 1200. The zero-order chi connectivity index (χ0) is 22.1. The smallest absolute Gasteiger partial charge is 0.300 e. The lowest BCUT2D eigenvalue weighted by Crippen LogP contribution is -2.29. The summed E-state index contributed by atoms with van der Waals surface area (Å²) in [5, 5.41) is 11.5. The van der Waals surface area contributed by atoms with Crippen LogP contribution in [-0.2, 0) is 9.59 Å². The fourth-order valence-corrected chi connectivity index (χ4v) is 4.00. The number of hydrogen-bond donors (Lipinski definition) is 1. The summed E-state index contributed by atoms with van der Waals surface area (Å²) in [6, 6.07) is 20.4. The summed E-state index contributed by atoms with van der Waals surface area (Å²) >= 11 is 6.11. The molecule has 1 unspecified atom stereocenters. The van der Waals surface area contributed by atoms with Gasteiger partial charge in [0.15, 0.2) is 0 Å². The highest BCUT2D eigenvalue weighted by Gasteiger charge is 2.46. The normalized spacial score (nSPS) is 17.8. The molecule has 3 aromatic rings.